The average Bonchev–Trinajstić information content (AvgIpc) is 2.56. The van der Waals surface area contributed by atoms with Gasteiger partial charge in [0.15, 0.2) is 0 Å². The first kappa shape index (κ1) is 17.6. The van der Waals surface area contributed by atoms with Gasteiger partial charge in [0.2, 0.25) is 0 Å². The number of benzene rings is 2. The van der Waals surface area contributed by atoms with Crippen LogP contribution in [0.2, 0.25) is 0 Å². The quantitative estimate of drug-likeness (QED) is 0.776. The van der Waals surface area contributed by atoms with Gasteiger partial charge in [-0.2, -0.15) is 0 Å². The third-order valence-electron chi connectivity index (χ3n) is 3.99. The minimum absolute atomic E-state index is 0.0445. The molecule has 0 saturated carbocycles. The summed E-state index contributed by atoms with van der Waals surface area (Å²) in [6.07, 6.45) is 1.58. The lowest BCUT2D eigenvalue weighted by atomic mass is 10.1. The molecule has 0 saturated heterocycles. The lowest BCUT2D eigenvalue weighted by Gasteiger charge is -2.10. The van der Waals surface area contributed by atoms with Gasteiger partial charge < -0.3 is 9.88 Å². The standard InChI is InChI=1S/C21H19FN2O2/c1-14-9-15(2)11-18(10-14)23-20(25)19-7-4-8-24(21(19)26)13-16-5-3-6-17(22)12-16/h3-12H,13H2,1-2H3,(H,23,25). The van der Waals surface area contributed by atoms with Crippen LogP contribution in [0.25, 0.3) is 0 Å². The van der Waals surface area contributed by atoms with E-state index in [2.05, 4.69) is 5.32 Å². The molecule has 3 rings (SSSR count). The second kappa shape index (κ2) is 7.35. The van der Waals surface area contributed by atoms with E-state index >= 15 is 0 Å². The molecule has 1 N–H and O–H groups in total. The number of aryl methyl sites for hydroxylation is 2. The maximum atomic E-state index is 13.3. The van der Waals surface area contributed by atoms with Crippen LogP contribution in [-0.4, -0.2) is 10.5 Å². The van der Waals surface area contributed by atoms with E-state index in [1.54, 1.807) is 24.4 Å². The van der Waals surface area contributed by atoms with Gasteiger partial charge in [-0.15, -0.1) is 0 Å². The number of carbonyl (C=O) groups excluding carboxylic acids is 1. The molecule has 0 aliphatic heterocycles. The van der Waals surface area contributed by atoms with Crippen molar-refractivity contribution in [2.75, 3.05) is 5.32 Å². The molecule has 0 radical (unpaired) electrons. The molecule has 1 heterocycles. The van der Waals surface area contributed by atoms with Gasteiger partial charge in [-0.1, -0.05) is 18.2 Å². The first-order valence-corrected chi connectivity index (χ1v) is 8.26. The molecule has 2 aromatic carbocycles. The zero-order valence-corrected chi connectivity index (χ0v) is 14.6. The fraction of sp³-hybridized carbons (Fsp3) is 0.143. The molecular weight excluding hydrogens is 331 g/mol. The maximum Gasteiger partial charge on any atom is 0.263 e. The zero-order valence-electron chi connectivity index (χ0n) is 14.6. The van der Waals surface area contributed by atoms with E-state index in [1.807, 2.05) is 32.0 Å². The van der Waals surface area contributed by atoms with E-state index < -0.39 is 11.5 Å². The molecule has 1 aromatic heterocycles. The van der Waals surface area contributed by atoms with Crippen molar-refractivity contribution in [1.29, 1.82) is 0 Å². The summed E-state index contributed by atoms with van der Waals surface area (Å²) in [4.78, 5) is 25.2. The van der Waals surface area contributed by atoms with E-state index in [-0.39, 0.29) is 17.9 Å². The van der Waals surface area contributed by atoms with Crippen LogP contribution in [0.15, 0.2) is 65.6 Å². The molecule has 0 spiro atoms. The molecule has 0 unspecified atom stereocenters. The summed E-state index contributed by atoms with van der Waals surface area (Å²) in [5.74, 6) is -0.826. The first-order chi connectivity index (χ1) is 12.4. The zero-order chi connectivity index (χ0) is 18.7. The number of aromatic nitrogens is 1. The molecule has 0 fully saturated rings. The average molecular weight is 350 g/mol. The first-order valence-electron chi connectivity index (χ1n) is 8.26. The molecule has 5 heteroatoms. The Hall–Kier alpha value is -3.21. The van der Waals surface area contributed by atoms with Gasteiger partial charge >= 0.3 is 0 Å². The highest BCUT2D eigenvalue weighted by atomic mass is 19.1. The number of rotatable bonds is 4. The van der Waals surface area contributed by atoms with E-state index in [9.17, 15) is 14.0 Å². The van der Waals surface area contributed by atoms with E-state index in [1.165, 1.54) is 22.8 Å². The Morgan fingerprint density at radius 3 is 2.46 bits per heavy atom. The predicted molar refractivity (Wildman–Crippen MR) is 100 cm³/mol. The van der Waals surface area contributed by atoms with Crippen LogP contribution in [-0.2, 0) is 6.54 Å². The molecular formula is C21H19FN2O2. The molecule has 26 heavy (non-hydrogen) atoms. The topological polar surface area (TPSA) is 51.1 Å². The second-order valence-corrected chi connectivity index (χ2v) is 6.32. The Labute approximate surface area is 150 Å². The number of hydrogen-bond donors (Lipinski definition) is 1. The monoisotopic (exact) mass is 350 g/mol. The van der Waals surface area contributed by atoms with Crippen molar-refractivity contribution < 1.29 is 9.18 Å². The summed E-state index contributed by atoms with van der Waals surface area (Å²) < 4.78 is 14.7. The van der Waals surface area contributed by atoms with Crippen molar-refractivity contribution in [3.63, 3.8) is 0 Å². The Kier molecular flexibility index (Phi) is 4.98. The van der Waals surface area contributed by atoms with Crippen molar-refractivity contribution in [3.05, 3.63) is 99.2 Å². The van der Waals surface area contributed by atoms with Crippen LogP contribution in [0.4, 0.5) is 10.1 Å². The van der Waals surface area contributed by atoms with Crippen LogP contribution < -0.4 is 10.9 Å². The van der Waals surface area contributed by atoms with Gasteiger partial charge in [-0.25, -0.2) is 4.39 Å². The second-order valence-electron chi connectivity index (χ2n) is 6.32. The van der Waals surface area contributed by atoms with Crippen molar-refractivity contribution >= 4 is 11.6 Å². The lowest BCUT2D eigenvalue weighted by Crippen LogP contribution is -2.29. The van der Waals surface area contributed by atoms with Gasteiger partial charge in [0, 0.05) is 11.9 Å². The summed E-state index contributed by atoms with van der Waals surface area (Å²) in [6, 6.07) is 14.9. The Morgan fingerprint density at radius 1 is 1.04 bits per heavy atom. The fourth-order valence-electron chi connectivity index (χ4n) is 2.91. The molecule has 1 amide bonds. The minimum atomic E-state index is -0.464. The lowest BCUT2D eigenvalue weighted by molar-refractivity contribution is 0.102. The summed E-state index contributed by atoms with van der Waals surface area (Å²) in [7, 11) is 0. The van der Waals surface area contributed by atoms with Crippen LogP contribution in [0.3, 0.4) is 0 Å². The largest absolute Gasteiger partial charge is 0.322 e. The highest BCUT2D eigenvalue weighted by Gasteiger charge is 2.13. The third kappa shape index (κ3) is 4.06. The van der Waals surface area contributed by atoms with Crippen LogP contribution >= 0.6 is 0 Å². The molecule has 4 nitrogen and oxygen atoms in total. The predicted octanol–water partition coefficient (Wildman–Crippen LogP) is 3.90. The Morgan fingerprint density at radius 2 is 1.77 bits per heavy atom. The molecule has 0 aliphatic rings. The smallest absolute Gasteiger partial charge is 0.263 e. The number of halogens is 1. The van der Waals surface area contributed by atoms with Crippen molar-refractivity contribution in [2.24, 2.45) is 0 Å². The number of carbonyl (C=O) groups is 1. The number of nitrogens with zero attached hydrogens (tertiary/aromatic N) is 1. The normalized spacial score (nSPS) is 10.6. The van der Waals surface area contributed by atoms with Crippen LogP contribution in [0.1, 0.15) is 27.0 Å². The fourth-order valence-corrected chi connectivity index (χ4v) is 2.91. The number of amides is 1. The highest BCUT2D eigenvalue weighted by molar-refractivity contribution is 6.04. The van der Waals surface area contributed by atoms with Gasteiger partial charge in [0.1, 0.15) is 11.4 Å². The van der Waals surface area contributed by atoms with Gasteiger partial charge in [0.25, 0.3) is 11.5 Å². The van der Waals surface area contributed by atoms with Crippen molar-refractivity contribution in [3.8, 4) is 0 Å². The molecule has 3 aromatic rings. The summed E-state index contributed by atoms with van der Waals surface area (Å²) >= 11 is 0. The van der Waals surface area contributed by atoms with Crippen molar-refractivity contribution in [2.45, 2.75) is 20.4 Å². The molecule has 0 aliphatic carbocycles. The van der Waals surface area contributed by atoms with Crippen LogP contribution in [0, 0.1) is 19.7 Å². The van der Waals surface area contributed by atoms with Gasteiger partial charge in [-0.05, 0) is 66.9 Å². The van der Waals surface area contributed by atoms with Crippen molar-refractivity contribution in [1.82, 2.24) is 4.57 Å². The SMILES string of the molecule is Cc1cc(C)cc(NC(=O)c2cccn(Cc3cccc(F)c3)c2=O)c1. The maximum absolute atomic E-state index is 13.3. The molecule has 132 valence electrons. The molecule has 0 atom stereocenters. The summed E-state index contributed by atoms with van der Waals surface area (Å²) in [6.45, 7) is 4.08. The summed E-state index contributed by atoms with van der Waals surface area (Å²) in [5, 5.41) is 2.77. The highest BCUT2D eigenvalue weighted by Crippen LogP contribution is 2.14. The van der Waals surface area contributed by atoms with E-state index in [0.717, 1.165) is 11.1 Å². The van der Waals surface area contributed by atoms with E-state index in [0.29, 0.717) is 11.3 Å². The number of hydrogen-bond acceptors (Lipinski definition) is 2. The number of pyridine rings is 1. The number of anilines is 1. The molecule has 0 bridgehead atoms. The van der Waals surface area contributed by atoms with Crippen LogP contribution in [0.5, 0.6) is 0 Å². The Balaban J connectivity index is 1.86. The third-order valence-corrected chi connectivity index (χ3v) is 3.99. The van der Waals surface area contributed by atoms with Gasteiger partial charge in [-0.3, -0.25) is 9.59 Å². The number of nitrogens with one attached hydrogen (secondary N) is 1. The van der Waals surface area contributed by atoms with Gasteiger partial charge in [0.05, 0.1) is 6.54 Å². The summed E-state index contributed by atoms with van der Waals surface area (Å²) in [5.41, 5.74) is 2.97. The minimum Gasteiger partial charge on any atom is -0.322 e. The van der Waals surface area contributed by atoms with E-state index in [4.69, 9.17) is 0 Å². The Bertz CT molecular complexity index is 1000.